The van der Waals surface area contributed by atoms with Gasteiger partial charge in [-0.05, 0) is 23.8 Å². The van der Waals surface area contributed by atoms with Gasteiger partial charge < -0.3 is 9.64 Å². The van der Waals surface area contributed by atoms with Gasteiger partial charge in [-0.2, -0.15) is 5.10 Å². The van der Waals surface area contributed by atoms with Gasteiger partial charge in [0.15, 0.2) is 5.69 Å². The lowest BCUT2D eigenvalue weighted by atomic mass is 10.0. The molecule has 0 bridgehead atoms. The van der Waals surface area contributed by atoms with Gasteiger partial charge in [-0.3, -0.25) is 14.8 Å². The van der Waals surface area contributed by atoms with E-state index >= 15 is 0 Å². The molecule has 29 heavy (non-hydrogen) atoms. The molecule has 1 amide bonds. The highest BCUT2D eigenvalue weighted by Gasteiger charge is 2.33. The van der Waals surface area contributed by atoms with E-state index in [1.807, 2.05) is 29.2 Å². The van der Waals surface area contributed by atoms with Gasteiger partial charge in [0, 0.05) is 31.6 Å². The first-order valence-corrected chi connectivity index (χ1v) is 9.38. The van der Waals surface area contributed by atoms with Crippen LogP contribution in [0.1, 0.15) is 22.1 Å². The van der Waals surface area contributed by atoms with Crippen LogP contribution in [0.5, 0.6) is 0 Å². The zero-order chi connectivity index (χ0) is 20.4. The van der Waals surface area contributed by atoms with Crippen molar-refractivity contribution in [2.24, 2.45) is 0 Å². The molecule has 1 aliphatic heterocycles. The third-order valence-electron chi connectivity index (χ3n) is 5.25. The lowest BCUT2D eigenvalue weighted by molar-refractivity contribution is -0.148. The topological polar surface area (TPSA) is 78.5 Å². The van der Waals surface area contributed by atoms with E-state index < -0.39 is 12.0 Å². The number of fused-ring (bicyclic) bond motifs is 1. The monoisotopic (exact) mass is 396 g/mol. The summed E-state index contributed by atoms with van der Waals surface area (Å²) >= 11 is 0. The Balaban J connectivity index is 1.49. The zero-order valence-electron chi connectivity index (χ0n) is 16.0. The summed E-state index contributed by atoms with van der Waals surface area (Å²) in [6, 6.07) is 12.7. The lowest BCUT2D eigenvalue weighted by Gasteiger charge is -2.38. The number of nitrogens with zero attached hydrogens (tertiary/aromatic N) is 3. The molecule has 0 spiro atoms. The maximum atomic E-state index is 13.3. The number of esters is 1. The number of halogens is 1. The van der Waals surface area contributed by atoms with Crippen LogP contribution in [0.3, 0.4) is 0 Å². The number of nitrogens with one attached hydrogen (secondary N) is 1. The number of carbonyl (C=O) groups is 2. The number of methoxy groups -OCH3 is 1. The Morgan fingerprint density at radius 1 is 1.07 bits per heavy atom. The third-order valence-corrected chi connectivity index (χ3v) is 5.25. The summed E-state index contributed by atoms with van der Waals surface area (Å²) < 4.78 is 18.2. The quantitative estimate of drug-likeness (QED) is 0.685. The number of hydrogen-bond acceptors (Lipinski definition) is 5. The lowest BCUT2D eigenvalue weighted by Crippen LogP contribution is -2.51. The van der Waals surface area contributed by atoms with Crippen molar-refractivity contribution in [3.63, 3.8) is 0 Å². The van der Waals surface area contributed by atoms with E-state index in [4.69, 9.17) is 4.74 Å². The normalized spacial score (nSPS) is 16.0. The van der Waals surface area contributed by atoms with Gasteiger partial charge in [-0.15, -0.1) is 0 Å². The summed E-state index contributed by atoms with van der Waals surface area (Å²) in [6.45, 7) is 1.89. The molecule has 3 aromatic rings. The Morgan fingerprint density at radius 2 is 1.76 bits per heavy atom. The minimum absolute atomic E-state index is 0.140. The van der Waals surface area contributed by atoms with E-state index in [0.717, 1.165) is 10.9 Å². The van der Waals surface area contributed by atoms with Gasteiger partial charge >= 0.3 is 5.97 Å². The largest absolute Gasteiger partial charge is 0.468 e. The number of para-hydroxylation sites is 1. The molecule has 1 aliphatic rings. The average Bonchev–Trinajstić information content (AvgIpc) is 3.19. The molecule has 1 unspecified atom stereocenters. The molecular weight excluding hydrogens is 375 g/mol. The number of rotatable bonds is 4. The van der Waals surface area contributed by atoms with Gasteiger partial charge in [0.1, 0.15) is 11.9 Å². The van der Waals surface area contributed by atoms with E-state index in [2.05, 4.69) is 10.2 Å². The number of hydrogen-bond donors (Lipinski definition) is 1. The van der Waals surface area contributed by atoms with Crippen LogP contribution in [-0.4, -0.2) is 65.2 Å². The Morgan fingerprint density at radius 3 is 2.45 bits per heavy atom. The second-order valence-electron chi connectivity index (χ2n) is 6.92. The van der Waals surface area contributed by atoms with E-state index in [1.165, 1.54) is 19.2 Å². The van der Waals surface area contributed by atoms with Crippen LogP contribution in [0.15, 0.2) is 48.5 Å². The predicted molar refractivity (Wildman–Crippen MR) is 105 cm³/mol. The predicted octanol–water partition coefficient (Wildman–Crippen LogP) is 2.37. The van der Waals surface area contributed by atoms with E-state index in [9.17, 15) is 14.0 Å². The number of H-pyrrole nitrogens is 1. The molecule has 7 nitrogen and oxygen atoms in total. The molecule has 1 aromatic heterocycles. The second kappa shape index (κ2) is 8.00. The van der Waals surface area contributed by atoms with Crippen molar-refractivity contribution in [2.75, 3.05) is 33.3 Å². The minimum Gasteiger partial charge on any atom is -0.468 e. The fourth-order valence-corrected chi connectivity index (χ4v) is 3.71. The van der Waals surface area contributed by atoms with Gasteiger partial charge in [-0.25, -0.2) is 9.18 Å². The summed E-state index contributed by atoms with van der Waals surface area (Å²) in [5.74, 6) is -0.910. The minimum atomic E-state index is -0.635. The number of aromatic nitrogens is 2. The molecule has 1 atom stereocenters. The SMILES string of the molecule is COC(=O)C(c1ccc(F)cc1)N1CCN(C(=O)c2n[nH]c3ccccc23)CC1. The molecular formula is C21H21FN4O3. The highest BCUT2D eigenvalue weighted by Crippen LogP contribution is 2.25. The Kier molecular flexibility index (Phi) is 5.26. The van der Waals surface area contributed by atoms with Crippen molar-refractivity contribution in [2.45, 2.75) is 6.04 Å². The van der Waals surface area contributed by atoms with Crippen molar-refractivity contribution < 1.29 is 18.7 Å². The number of ether oxygens (including phenoxy) is 1. The van der Waals surface area contributed by atoms with Crippen LogP contribution in [0.2, 0.25) is 0 Å². The first-order valence-electron chi connectivity index (χ1n) is 9.38. The molecule has 2 aromatic carbocycles. The first kappa shape index (κ1) is 19.1. The number of benzene rings is 2. The highest BCUT2D eigenvalue weighted by molar-refractivity contribution is 6.04. The number of amides is 1. The van der Waals surface area contributed by atoms with Gasteiger partial charge in [0.05, 0.1) is 12.6 Å². The van der Waals surface area contributed by atoms with E-state index in [0.29, 0.717) is 37.4 Å². The Hall–Kier alpha value is -3.26. The molecule has 4 rings (SSSR count). The first-order chi connectivity index (χ1) is 14.1. The van der Waals surface area contributed by atoms with Crippen LogP contribution in [0, 0.1) is 5.82 Å². The Labute approximate surface area is 167 Å². The molecule has 1 N–H and O–H groups in total. The smallest absolute Gasteiger partial charge is 0.327 e. The zero-order valence-corrected chi connectivity index (χ0v) is 16.0. The summed E-state index contributed by atoms with van der Waals surface area (Å²) in [7, 11) is 1.33. The molecule has 2 heterocycles. The molecule has 0 radical (unpaired) electrons. The number of carbonyl (C=O) groups excluding carboxylic acids is 2. The highest BCUT2D eigenvalue weighted by atomic mass is 19.1. The fraction of sp³-hybridized carbons (Fsp3) is 0.286. The van der Waals surface area contributed by atoms with Crippen LogP contribution >= 0.6 is 0 Å². The van der Waals surface area contributed by atoms with E-state index in [1.54, 1.807) is 17.0 Å². The summed E-state index contributed by atoms with van der Waals surface area (Å²) in [5, 5.41) is 7.86. The number of aromatic amines is 1. The summed E-state index contributed by atoms with van der Waals surface area (Å²) in [6.07, 6.45) is 0. The van der Waals surface area contributed by atoms with Crippen molar-refractivity contribution in [3.05, 3.63) is 65.6 Å². The van der Waals surface area contributed by atoms with Crippen molar-refractivity contribution in [1.29, 1.82) is 0 Å². The van der Waals surface area contributed by atoms with Gasteiger partial charge in [-0.1, -0.05) is 30.3 Å². The standard InChI is InChI=1S/C21H21FN4O3/c1-29-21(28)19(14-6-8-15(22)9-7-14)25-10-12-26(13-11-25)20(27)18-16-4-2-3-5-17(16)23-24-18/h2-9,19H,10-13H2,1H3,(H,23,24). The van der Waals surface area contributed by atoms with Crippen LogP contribution < -0.4 is 0 Å². The average molecular weight is 396 g/mol. The third kappa shape index (κ3) is 3.71. The Bertz CT molecular complexity index is 1030. The molecule has 1 fully saturated rings. The molecule has 8 heteroatoms. The number of piperazine rings is 1. The van der Waals surface area contributed by atoms with Gasteiger partial charge in [0.2, 0.25) is 0 Å². The van der Waals surface area contributed by atoms with Crippen LogP contribution in [0.4, 0.5) is 4.39 Å². The molecule has 150 valence electrons. The van der Waals surface area contributed by atoms with Gasteiger partial charge in [0.25, 0.3) is 5.91 Å². The van der Waals surface area contributed by atoms with Crippen molar-refractivity contribution >= 4 is 22.8 Å². The van der Waals surface area contributed by atoms with Crippen LogP contribution in [0.25, 0.3) is 10.9 Å². The maximum absolute atomic E-state index is 13.3. The van der Waals surface area contributed by atoms with Crippen molar-refractivity contribution in [3.8, 4) is 0 Å². The maximum Gasteiger partial charge on any atom is 0.327 e. The summed E-state index contributed by atoms with van der Waals surface area (Å²) in [5.41, 5.74) is 1.88. The summed E-state index contributed by atoms with van der Waals surface area (Å²) in [4.78, 5) is 29.0. The molecule has 1 saturated heterocycles. The van der Waals surface area contributed by atoms with Crippen LogP contribution in [-0.2, 0) is 9.53 Å². The fourth-order valence-electron chi connectivity index (χ4n) is 3.71. The molecule has 0 saturated carbocycles. The second-order valence-corrected chi connectivity index (χ2v) is 6.92. The van der Waals surface area contributed by atoms with E-state index in [-0.39, 0.29) is 11.7 Å². The molecule has 0 aliphatic carbocycles. The van der Waals surface area contributed by atoms with Crippen molar-refractivity contribution in [1.82, 2.24) is 20.0 Å².